The summed E-state index contributed by atoms with van der Waals surface area (Å²) in [7, 11) is 0. The Morgan fingerprint density at radius 1 is 1.43 bits per heavy atom. The Labute approximate surface area is 92.3 Å². The smallest absolute Gasteiger partial charge is 0.115 e. The quantitative estimate of drug-likeness (QED) is 0.811. The van der Waals surface area contributed by atoms with Crippen LogP contribution in [-0.4, -0.2) is 11.1 Å². The van der Waals surface area contributed by atoms with Crippen LogP contribution in [0.3, 0.4) is 0 Å². The standard InChI is InChI=1S/C11H14BrNO/c1-11(2)9(10(11)13)7-5-6(14)3-4-8(7)12/h3-5,9-10,14H,13H2,1-2H3/t9-,10-/m0/s1. The molecule has 0 unspecified atom stereocenters. The van der Waals surface area contributed by atoms with Gasteiger partial charge in [0, 0.05) is 16.4 Å². The molecule has 0 heterocycles. The van der Waals surface area contributed by atoms with Gasteiger partial charge in [0.2, 0.25) is 0 Å². The first-order valence-corrected chi connectivity index (χ1v) is 5.48. The van der Waals surface area contributed by atoms with Crippen LogP contribution in [0.25, 0.3) is 0 Å². The van der Waals surface area contributed by atoms with Crippen molar-refractivity contribution in [3.63, 3.8) is 0 Å². The van der Waals surface area contributed by atoms with Crippen LogP contribution in [0.1, 0.15) is 25.3 Å². The monoisotopic (exact) mass is 255 g/mol. The number of phenolic OH excluding ortho intramolecular Hbond substituents is 1. The van der Waals surface area contributed by atoms with E-state index in [-0.39, 0.29) is 11.5 Å². The van der Waals surface area contributed by atoms with Gasteiger partial charge in [-0.1, -0.05) is 29.8 Å². The van der Waals surface area contributed by atoms with Crippen molar-refractivity contribution in [2.75, 3.05) is 0 Å². The van der Waals surface area contributed by atoms with Gasteiger partial charge in [0.05, 0.1) is 0 Å². The fraction of sp³-hybridized carbons (Fsp3) is 0.455. The lowest BCUT2D eigenvalue weighted by atomic mass is 10.0. The molecule has 2 rings (SSSR count). The minimum absolute atomic E-state index is 0.149. The van der Waals surface area contributed by atoms with E-state index in [0.717, 1.165) is 10.0 Å². The molecule has 1 fully saturated rings. The second-order valence-corrected chi connectivity index (χ2v) is 5.38. The summed E-state index contributed by atoms with van der Waals surface area (Å²) >= 11 is 3.48. The molecule has 0 aromatic heterocycles. The molecule has 0 spiro atoms. The molecule has 2 nitrogen and oxygen atoms in total. The summed E-state index contributed by atoms with van der Waals surface area (Å²) in [4.78, 5) is 0. The van der Waals surface area contributed by atoms with Gasteiger partial charge < -0.3 is 10.8 Å². The predicted molar refractivity (Wildman–Crippen MR) is 60.3 cm³/mol. The lowest BCUT2D eigenvalue weighted by Gasteiger charge is -2.06. The number of hydrogen-bond acceptors (Lipinski definition) is 2. The highest BCUT2D eigenvalue weighted by molar-refractivity contribution is 9.10. The van der Waals surface area contributed by atoms with E-state index in [9.17, 15) is 5.11 Å². The highest BCUT2D eigenvalue weighted by atomic mass is 79.9. The molecule has 1 aromatic carbocycles. The van der Waals surface area contributed by atoms with Crippen molar-refractivity contribution in [3.05, 3.63) is 28.2 Å². The van der Waals surface area contributed by atoms with E-state index < -0.39 is 0 Å². The van der Waals surface area contributed by atoms with Crippen molar-refractivity contribution in [1.82, 2.24) is 0 Å². The Morgan fingerprint density at radius 2 is 2.00 bits per heavy atom. The number of benzene rings is 1. The van der Waals surface area contributed by atoms with Crippen LogP contribution >= 0.6 is 15.9 Å². The summed E-state index contributed by atoms with van der Waals surface area (Å²) in [6.07, 6.45) is 0. The number of halogens is 1. The predicted octanol–water partition coefficient (Wildman–Crippen LogP) is 2.61. The van der Waals surface area contributed by atoms with E-state index in [1.54, 1.807) is 12.1 Å². The summed E-state index contributed by atoms with van der Waals surface area (Å²) < 4.78 is 1.03. The molecule has 0 bridgehead atoms. The van der Waals surface area contributed by atoms with Crippen molar-refractivity contribution in [3.8, 4) is 5.75 Å². The van der Waals surface area contributed by atoms with Crippen LogP contribution in [0.15, 0.2) is 22.7 Å². The third-order valence-corrected chi connectivity index (χ3v) is 3.95. The second kappa shape index (κ2) is 2.97. The molecule has 0 radical (unpaired) electrons. The van der Waals surface area contributed by atoms with Gasteiger partial charge in [0.1, 0.15) is 5.75 Å². The maximum absolute atomic E-state index is 9.41. The number of nitrogens with two attached hydrogens (primary N) is 1. The molecule has 1 saturated carbocycles. The molecular formula is C11H14BrNO. The molecule has 3 heteroatoms. The van der Waals surface area contributed by atoms with Crippen LogP contribution in [0, 0.1) is 5.41 Å². The first-order chi connectivity index (χ1) is 6.44. The molecule has 0 saturated heterocycles. The molecule has 76 valence electrons. The van der Waals surface area contributed by atoms with E-state index in [1.807, 2.05) is 6.07 Å². The number of aromatic hydroxyl groups is 1. The van der Waals surface area contributed by atoms with Gasteiger partial charge in [0.25, 0.3) is 0 Å². The molecule has 2 atom stereocenters. The molecule has 1 aliphatic rings. The first-order valence-electron chi connectivity index (χ1n) is 4.68. The zero-order valence-corrected chi connectivity index (χ0v) is 9.88. The van der Waals surface area contributed by atoms with E-state index in [2.05, 4.69) is 29.8 Å². The van der Waals surface area contributed by atoms with E-state index in [1.165, 1.54) is 0 Å². The van der Waals surface area contributed by atoms with E-state index in [4.69, 9.17) is 5.73 Å². The Kier molecular flexibility index (Phi) is 2.12. The summed E-state index contributed by atoms with van der Waals surface area (Å²) in [5.74, 6) is 0.655. The molecule has 0 amide bonds. The highest BCUT2D eigenvalue weighted by Crippen LogP contribution is 2.58. The molecule has 1 aliphatic carbocycles. The normalized spacial score (nSPS) is 28.9. The zero-order chi connectivity index (χ0) is 10.5. The van der Waals surface area contributed by atoms with Gasteiger partial charge in [-0.15, -0.1) is 0 Å². The lowest BCUT2D eigenvalue weighted by molar-refractivity contribution is 0.474. The minimum Gasteiger partial charge on any atom is -0.508 e. The van der Waals surface area contributed by atoms with Gasteiger partial charge >= 0.3 is 0 Å². The zero-order valence-electron chi connectivity index (χ0n) is 8.29. The summed E-state index contributed by atoms with van der Waals surface area (Å²) in [6, 6.07) is 5.53. The van der Waals surface area contributed by atoms with Crippen molar-refractivity contribution >= 4 is 15.9 Å². The van der Waals surface area contributed by atoms with Crippen LogP contribution in [0.5, 0.6) is 5.75 Å². The Bertz CT molecular complexity index is 376. The summed E-state index contributed by atoms with van der Waals surface area (Å²) in [5.41, 5.74) is 7.26. The maximum atomic E-state index is 9.41. The van der Waals surface area contributed by atoms with Crippen LogP contribution in [-0.2, 0) is 0 Å². The van der Waals surface area contributed by atoms with Gasteiger partial charge in [0.15, 0.2) is 0 Å². The largest absolute Gasteiger partial charge is 0.508 e. The van der Waals surface area contributed by atoms with Gasteiger partial charge in [-0.25, -0.2) is 0 Å². The van der Waals surface area contributed by atoms with Crippen LogP contribution < -0.4 is 5.73 Å². The highest BCUT2D eigenvalue weighted by Gasteiger charge is 2.56. The van der Waals surface area contributed by atoms with Crippen LogP contribution in [0.4, 0.5) is 0 Å². The van der Waals surface area contributed by atoms with Crippen molar-refractivity contribution in [1.29, 1.82) is 0 Å². The van der Waals surface area contributed by atoms with Crippen molar-refractivity contribution in [2.24, 2.45) is 11.1 Å². The molecular weight excluding hydrogens is 242 g/mol. The maximum Gasteiger partial charge on any atom is 0.115 e. The lowest BCUT2D eigenvalue weighted by Crippen LogP contribution is -2.06. The topological polar surface area (TPSA) is 46.2 Å². The van der Waals surface area contributed by atoms with E-state index >= 15 is 0 Å². The Balaban J connectivity index is 2.39. The van der Waals surface area contributed by atoms with E-state index in [0.29, 0.717) is 11.7 Å². The van der Waals surface area contributed by atoms with Gasteiger partial charge in [-0.3, -0.25) is 0 Å². The number of rotatable bonds is 1. The third-order valence-electron chi connectivity index (χ3n) is 3.23. The van der Waals surface area contributed by atoms with Crippen molar-refractivity contribution in [2.45, 2.75) is 25.8 Å². The molecule has 3 N–H and O–H groups in total. The minimum atomic E-state index is 0.149. The molecule has 0 aliphatic heterocycles. The Hall–Kier alpha value is -0.540. The number of hydrogen-bond donors (Lipinski definition) is 2. The fourth-order valence-electron chi connectivity index (χ4n) is 2.04. The summed E-state index contributed by atoms with van der Waals surface area (Å²) in [6.45, 7) is 4.30. The molecule has 14 heavy (non-hydrogen) atoms. The number of phenols is 1. The van der Waals surface area contributed by atoms with Gasteiger partial charge in [-0.2, -0.15) is 0 Å². The average molecular weight is 256 g/mol. The Morgan fingerprint density at radius 3 is 2.50 bits per heavy atom. The SMILES string of the molecule is CC1(C)[C@@H](N)[C@@H]1c1cc(O)ccc1Br. The van der Waals surface area contributed by atoms with Crippen LogP contribution in [0.2, 0.25) is 0 Å². The fourth-order valence-corrected chi connectivity index (χ4v) is 2.53. The second-order valence-electron chi connectivity index (χ2n) is 4.53. The first kappa shape index (κ1) is 9.99. The van der Waals surface area contributed by atoms with Gasteiger partial charge in [-0.05, 0) is 29.2 Å². The molecule has 1 aromatic rings. The third kappa shape index (κ3) is 1.35. The average Bonchev–Trinajstić information content (AvgIpc) is 2.58. The summed E-state index contributed by atoms with van der Waals surface area (Å²) in [5, 5.41) is 9.41. The van der Waals surface area contributed by atoms with Crippen molar-refractivity contribution < 1.29 is 5.11 Å².